The van der Waals surface area contributed by atoms with E-state index in [0.29, 0.717) is 36.0 Å². The number of rotatable bonds is 5. The lowest BCUT2D eigenvalue weighted by molar-refractivity contribution is 0.0549. The van der Waals surface area contributed by atoms with E-state index in [1.165, 1.54) is 0 Å². The van der Waals surface area contributed by atoms with Gasteiger partial charge in [-0.2, -0.15) is 0 Å². The number of benzene rings is 1. The molecule has 128 valence electrons. The molecule has 0 aliphatic carbocycles. The second kappa shape index (κ2) is 7.99. The van der Waals surface area contributed by atoms with Crippen LogP contribution in [0.4, 0.5) is 0 Å². The summed E-state index contributed by atoms with van der Waals surface area (Å²) in [4.78, 5) is 16.8. The summed E-state index contributed by atoms with van der Waals surface area (Å²) in [5.41, 5.74) is 0.509. The first kappa shape index (κ1) is 18.0. The number of hydrogen-bond acceptors (Lipinski definition) is 4. The molecule has 1 N–H and O–H groups in total. The molecule has 23 heavy (non-hydrogen) atoms. The Morgan fingerprint density at radius 1 is 1.26 bits per heavy atom. The molecule has 6 heteroatoms. The molecule has 1 unspecified atom stereocenters. The standard InChI is InChI=1S/C17H25ClN2O3/c1-12(2)23-16-5-4-14(18)10-15(16)17(22)20-8-6-19(7-9-20)11-13(3)21/h4-5,10,12-13,21H,6-9,11H2,1-3H3. The van der Waals surface area contributed by atoms with Gasteiger partial charge in [-0.3, -0.25) is 9.69 Å². The highest BCUT2D eigenvalue weighted by Crippen LogP contribution is 2.26. The number of amides is 1. The van der Waals surface area contributed by atoms with Gasteiger partial charge >= 0.3 is 0 Å². The largest absolute Gasteiger partial charge is 0.490 e. The molecule has 1 atom stereocenters. The Kier molecular flexibility index (Phi) is 6.27. The van der Waals surface area contributed by atoms with Crippen molar-refractivity contribution in [3.63, 3.8) is 0 Å². The van der Waals surface area contributed by atoms with Gasteiger partial charge in [0.15, 0.2) is 0 Å². The first-order valence-electron chi connectivity index (χ1n) is 8.02. The third-order valence-electron chi connectivity index (χ3n) is 3.72. The molecule has 0 saturated carbocycles. The molecular formula is C17H25ClN2O3. The number of carbonyl (C=O) groups is 1. The van der Waals surface area contributed by atoms with E-state index in [1.807, 2.05) is 18.7 Å². The van der Waals surface area contributed by atoms with Crippen molar-refractivity contribution in [1.29, 1.82) is 0 Å². The van der Waals surface area contributed by atoms with Crippen molar-refractivity contribution in [2.75, 3.05) is 32.7 Å². The summed E-state index contributed by atoms with van der Waals surface area (Å²) in [5, 5.41) is 9.98. The predicted octanol–water partition coefficient (Wildman–Crippen LogP) is 2.27. The first-order valence-corrected chi connectivity index (χ1v) is 8.40. The molecule has 1 aromatic rings. The molecule has 1 aliphatic heterocycles. The van der Waals surface area contributed by atoms with Crippen molar-refractivity contribution < 1.29 is 14.6 Å². The summed E-state index contributed by atoms with van der Waals surface area (Å²) in [6.07, 6.45) is -0.359. The van der Waals surface area contributed by atoms with Crippen molar-refractivity contribution in [2.24, 2.45) is 0 Å². The zero-order chi connectivity index (χ0) is 17.0. The van der Waals surface area contributed by atoms with Gasteiger partial charge in [0.25, 0.3) is 5.91 Å². The lowest BCUT2D eigenvalue weighted by atomic mass is 10.1. The van der Waals surface area contributed by atoms with E-state index in [9.17, 15) is 9.90 Å². The van der Waals surface area contributed by atoms with E-state index in [4.69, 9.17) is 16.3 Å². The number of halogens is 1. The minimum atomic E-state index is -0.351. The van der Waals surface area contributed by atoms with Crippen LogP contribution in [0, 0.1) is 0 Å². The van der Waals surface area contributed by atoms with Crippen LogP contribution in [0.5, 0.6) is 5.75 Å². The number of piperazine rings is 1. The van der Waals surface area contributed by atoms with E-state index < -0.39 is 0 Å². The van der Waals surface area contributed by atoms with Crippen LogP contribution in [-0.4, -0.2) is 65.7 Å². The number of aliphatic hydroxyl groups excluding tert-OH is 1. The Hall–Kier alpha value is -1.30. The summed E-state index contributed by atoms with van der Waals surface area (Å²) in [5.74, 6) is 0.514. The van der Waals surface area contributed by atoms with Gasteiger partial charge in [-0.15, -0.1) is 0 Å². The molecule has 1 aliphatic rings. The Morgan fingerprint density at radius 3 is 2.48 bits per heavy atom. The van der Waals surface area contributed by atoms with E-state index in [1.54, 1.807) is 25.1 Å². The SMILES string of the molecule is CC(O)CN1CCN(C(=O)c2cc(Cl)ccc2OC(C)C)CC1. The first-order chi connectivity index (χ1) is 10.9. The van der Waals surface area contributed by atoms with Crippen molar-refractivity contribution in [3.05, 3.63) is 28.8 Å². The van der Waals surface area contributed by atoms with Gasteiger partial charge in [-0.25, -0.2) is 0 Å². The normalized spacial score (nSPS) is 17.4. The Bertz CT molecular complexity index is 541. The van der Waals surface area contributed by atoms with Crippen molar-refractivity contribution in [3.8, 4) is 5.75 Å². The van der Waals surface area contributed by atoms with Gasteiger partial charge < -0.3 is 14.7 Å². The molecule has 1 fully saturated rings. The van der Waals surface area contributed by atoms with E-state index >= 15 is 0 Å². The maximum Gasteiger partial charge on any atom is 0.257 e. The van der Waals surface area contributed by atoms with Crippen LogP contribution >= 0.6 is 11.6 Å². The lowest BCUT2D eigenvalue weighted by Gasteiger charge is -2.35. The molecule has 2 rings (SSSR count). The fourth-order valence-electron chi connectivity index (χ4n) is 2.70. The zero-order valence-electron chi connectivity index (χ0n) is 14.0. The molecule has 0 spiro atoms. The van der Waals surface area contributed by atoms with Gasteiger partial charge in [0.1, 0.15) is 5.75 Å². The van der Waals surface area contributed by atoms with Gasteiger partial charge in [0.05, 0.1) is 17.8 Å². The topological polar surface area (TPSA) is 53.0 Å². The summed E-state index contributed by atoms with van der Waals surface area (Å²) in [6, 6.07) is 5.15. The molecule has 1 aromatic carbocycles. The van der Waals surface area contributed by atoms with Crippen molar-refractivity contribution in [2.45, 2.75) is 33.0 Å². The Morgan fingerprint density at radius 2 is 1.91 bits per heavy atom. The van der Waals surface area contributed by atoms with Gasteiger partial charge in [-0.05, 0) is 39.0 Å². The molecule has 0 bridgehead atoms. The minimum Gasteiger partial charge on any atom is -0.490 e. The number of carbonyl (C=O) groups excluding carboxylic acids is 1. The van der Waals surface area contributed by atoms with Gasteiger partial charge in [0, 0.05) is 37.7 Å². The second-order valence-corrected chi connectivity index (χ2v) is 6.69. The zero-order valence-corrected chi connectivity index (χ0v) is 14.7. The van der Waals surface area contributed by atoms with Crippen molar-refractivity contribution in [1.82, 2.24) is 9.80 Å². The maximum absolute atomic E-state index is 12.8. The molecule has 0 radical (unpaired) electrons. The highest BCUT2D eigenvalue weighted by Gasteiger charge is 2.25. The quantitative estimate of drug-likeness (QED) is 0.893. The average molecular weight is 341 g/mol. The van der Waals surface area contributed by atoms with Crippen LogP contribution in [0.25, 0.3) is 0 Å². The fraction of sp³-hybridized carbons (Fsp3) is 0.588. The number of aliphatic hydroxyl groups is 1. The highest BCUT2D eigenvalue weighted by molar-refractivity contribution is 6.31. The molecular weight excluding hydrogens is 316 g/mol. The van der Waals surface area contributed by atoms with Crippen LogP contribution in [0.3, 0.4) is 0 Å². The lowest BCUT2D eigenvalue weighted by Crippen LogP contribution is -2.50. The van der Waals surface area contributed by atoms with Crippen LogP contribution in [-0.2, 0) is 0 Å². The van der Waals surface area contributed by atoms with Crippen LogP contribution in [0.1, 0.15) is 31.1 Å². The van der Waals surface area contributed by atoms with Gasteiger partial charge in [0.2, 0.25) is 0 Å². The summed E-state index contributed by atoms with van der Waals surface area (Å²) < 4.78 is 5.74. The van der Waals surface area contributed by atoms with E-state index in [0.717, 1.165) is 13.1 Å². The Labute approximate surface area is 142 Å². The smallest absolute Gasteiger partial charge is 0.257 e. The molecule has 1 heterocycles. The fourth-order valence-corrected chi connectivity index (χ4v) is 2.88. The predicted molar refractivity (Wildman–Crippen MR) is 91.2 cm³/mol. The monoisotopic (exact) mass is 340 g/mol. The van der Waals surface area contributed by atoms with Crippen molar-refractivity contribution >= 4 is 17.5 Å². The number of β-amino-alcohol motifs (C(OH)–C–C–N with tert-alkyl or cyclic N) is 1. The summed E-state index contributed by atoms with van der Waals surface area (Å²) in [6.45, 7) is 9.07. The van der Waals surface area contributed by atoms with Crippen LogP contribution in [0.15, 0.2) is 18.2 Å². The van der Waals surface area contributed by atoms with E-state index in [-0.39, 0.29) is 18.1 Å². The minimum absolute atomic E-state index is 0.00869. The Balaban J connectivity index is 2.07. The average Bonchev–Trinajstić information content (AvgIpc) is 2.48. The third kappa shape index (κ3) is 5.09. The molecule has 0 aromatic heterocycles. The number of ether oxygens (including phenoxy) is 1. The van der Waals surface area contributed by atoms with Crippen LogP contribution < -0.4 is 4.74 Å². The molecule has 5 nitrogen and oxygen atoms in total. The second-order valence-electron chi connectivity index (χ2n) is 6.25. The molecule has 1 amide bonds. The van der Waals surface area contributed by atoms with Gasteiger partial charge in [-0.1, -0.05) is 11.6 Å². The van der Waals surface area contributed by atoms with E-state index in [2.05, 4.69) is 4.90 Å². The highest BCUT2D eigenvalue weighted by atomic mass is 35.5. The number of hydrogen-bond donors (Lipinski definition) is 1. The van der Waals surface area contributed by atoms with Crippen LogP contribution in [0.2, 0.25) is 5.02 Å². The summed E-state index contributed by atoms with van der Waals surface area (Å²) in [7, 11) is 0. The molecule has 1 saturated heterocycles. The summed E-state index contributed by atoms with van der Waals surface area (Å²) >= 11 is 6.05. The maximum atomic E-state index is 12.8. The number of nitrogens with zero attached hydrogens (tertiary/aromatic N) is 2. The third-order valence-corrected chi connectivity index (χ3v) is 3.95.